The van der Waals surface area contributed by atoms with E-state index in [1.54, 1.807) is 24.3 Å². The molecule has 1 heterocycles. The molecular weight excluding hydrogens is 570 g/mol. The Kier molecular flexibility index (Phi) is 9.43. The summed E-state index contributed by atoms with van der Waals surface area (Å²) in [4.78, 5) is 38.2. The Bertz CT molecular complexity index is 1280. The third-order valence-corrected chi connectivity index (χ3v) is 7.21. The summed E-state index contributed by atoms with van der Waals surface area (Å²) < 4.78 is 11.2. The molecule has 3 rings (SSSR count). The Balaban J connectivity index is 1.92. The fourth-order valence-corrected chi connectivity index (χ4v) is 5.32. The van der Waals surface area contributed by atoms with Gasteiger partial charge in [0, 0.05) is 16.1 Å². The summed E-state index contributed by atoms with van der Waals surface area (Å²) in [6, 6.07) is 12.4. The van der Waals surface area contributed by atoms with Crippen LogP contribution in [0.1, 0.15) is 24.0 Å². The second kappa shape index (κ2) is 12.3. The predicted octanol–water partition coefficient (Wildman–Crippen LogP) is 4.92. The van der Waals surface area contributed by atoms with Gasteiger partial charge < -0.3 is 20.1 Å². The molecule has 0 saturated heterocycles. The van der Waals surface area contributed by atoms with E-state index in [0.29, 0.717) is 23.6 Å². The van der Waals surface area contributed by atoms with Crippen molar-refractivity contribution in [3.05, 3.63) is 67.6 Å². The highest BCUT2D eigenvalue weighted by atomic mass is 79.9. The van der Waals surface area contributed by atoms with Crippen molar-refractivity contribution in [3.8, 4) is 11.8 Å². The number of carbonyl (C=O) groups is 3. The molecule has 0 spiro atoms. The Morgan fingerprint density at radius 2 is 2.03 bits per heavy atom. The number of nitrogens with zero attached hydrogens (tertiary/aromatic N) is 1. The maximum absolute atomic E-state index is 13.0. The van der Waals surface area contributed by atoms with Crippen LogP contribution in [-0.4, -0.2) is 37.3 Å². The highest BCUT2D eigenvalue weighted by Crippen LogP contribution is 2.42. The molecule has 0 bridgehead atoms. The van der Waals surface area contributed by atoms with E-state index in [9.17, 15) is 19.6 Å². The minimum atomic E-state index is -1.30. The van der Waals surface area contributed by atoms with Crippen LogP contribution in [0.4, 0.5) is 5.69 Å². The van der Waals surface area contributed by atoms with E-state index in [1.807, 2.05) is 26.0 Å². The van der Waals surface area contributed by atoms with Crippen LogP contribution in [0.25, 0.3) is 0 Å². The van der Waals surface area contributed by atoms with Crippen LogP contribution in [0.15, 0.2) is 51.5 Å². The van der Waals surface area contributed by atoms with Crippen molar-refractivity contribution in [2.45, 2.75) is 19.8 Å². The second-order valence-corrected chi connectivity index (χ2v) is 10.0. The molecule has 2 amide bonds. The number of esters is 1. The number of methoxy groups -OCH3 is 1. The molecule has 0 fully saturated rings. The molecule has 2 atom stereocenters. The third kappa shape index (κ3) is 6.22. The predicted molar refractivity (Wildman–Crippen MR) is 142 cm³/mol. The van der Waals surface area contributed by atoms with Gasteiger partial charge in [0.2, 0.25) is 11.8 Å². The fourth-order valence-electron chi connectivity index (χ4n) is 3.75. The number of rotatable bonds is 8. The van der Waals surface area contributed by atoms with E-state index >= 15 is 0 Å². The Labute approximate surface area is 226 Å². The molecule has 0 aromatic heterocycles. The maximum atomic E-state index is 13.0. The molecule has 0 aliphatic carbocycles. The number of carbonyl (C=O) groups excluding carboxylic acids is 3. The van der Waals surface area contributed by atoms with Gasteiger partial charge in [0.25, 0.3) is 0 Å². The average molecular weight is 593 g/mol. The lowest BCUT2D eigenvalue weighted by Crippen LogP contribution is -2.44. The van der Waals surface area contributed by atoms with Gasteiger partial charge in [-0.25, -0.2) is 0 Å². The normalized spacial score (nSPS) is 17.2. The van der Waals surface area contributed by atoms with E-state index in [0.717, 1.165) is 21.8 Å². The number of hydrogen-bond acceptors (Lipinski definition) is 7. The van der Waals surface area contributed by atoms with Crippen molar-refractivity contribution in [2.24, 2.45) is 5.92 Å². The largest absolute Gasteiger partial charge is 0.492 e. The molecule has 0 unspecified atom stereocenters. The third-order valence-electron chi connectivity index (χ3n) is 5.41. The summed E-state index contributed by atoms with van der Waals surface area (Å²) in [7, 11) is 1.17. The lowest BCUT2D eigenvalue weighted by Gasteiger charge is -2.31. The van der Waals surface area contributed by atoms with Crippen LogP contribution in [0.3, 0.4) is 0 Å². The van der Waals surface area contributed by atoms with Gasteiger partial charge >= 0.3 is 5.97 Å². The smallest absolute Gasteiger partial charge is 0.319 e. The quantitative estimate of drug-likeness (QED) is 0.330. The van der Waals surface area contributed by atoms with Crippen LogP contribution < -0.4 is 15.4 Å². The molecule has 1 aliphatic heterocycles. The van der Waals surface area contributed by atoms with Gasteiger partial charge in [-0.05, 0) is 55.3 Å². The zero-order chi connectivity index (χ0) is 26.4. The number of allylic oxidation sites excluding steroid dienone is 1. The van der Waals surface area contributed by atoms with Gasteiger partial charge in [0.1, 0.15) is 11.7 Å². The number of thioether (sulfide) groups is 1. The number of halogens is 2. The first-order valence-corrected chi connectivity index (χ1v) is 13.0. The van der Waals surface area contributed by atoms with Crippen molar-refractivity contribution in [3.63, 3.8) is 0 Å². The number of ether oxygens (including phenoxy) is 2. The van der Waals surface area contributed by atoms with Gasteiger partial charge in [0.15, 0.2) is 0 Å². The van der Waals surface area contributed by atoms with Crippen LogP contribution >= 0.6 is 39.3 Å². The topological polar surface area (TPSA) is 118 Å². The van der Waals surface area contributed by atoms with E-state index in [4.69, 9.17) is 21.1 Å². The summed E-state index contributed by atoms with van der Waals surface area (Å²) in [6.07, 6.45) is 0. The number of benzene rings is 2. The number of amides is 2. The summed E-state index contributed by atoms with van der Waals surface area (Å²) in [5.41, 5.74) is 2.12. The molecule has 2 aromatic rings. The number of nitrogens with one attached hydrogen (secondary N) is 2. The molecule has 2 N–H and O–H groups in total. The lowest BCUT2D eigenvalue weighted by atomic mass is 9.78. The van der Waals surface area contributed by atoms with Crippen molar-refractivity contribution >= 4 is 62.8 Å². The Morgan fingerprint density at radius 3 is 2.64 bits per heavy atom. The fraction of sp³-hybridized carbons (Fsp3) is 0.280. The summed E-state index contributed by atoms with van der Waals surface area (Å²) in [5.74, 6) is -3.64. The van der Waals surface area contributed by atoms with Gasteiger partial charge in [0.05, 0.1) is 41.2 Å². The van der Waals surface area contributed by atoms with Gasteiger partial charge in [-0.1, -0.05) is 45.4 Å². The lowest BCUT2D eigenvalue weighted by molar-refractivity contribution is -0.150. The van der Waals surface area contributed by atoms with Gasteiger partial charge in [-0.3, -0.25) is 14.4 Å². The molecule has 8 nitrogen and oxygen atoms in total. The number of nitriles is 1. The molecule has 0 radical (unpaired) electrons. The minimum Gasteiger partial charge on any atom is -0.492 e. The number of aryl methyl sites for hydroxylation is 1. The zero-order valence-corrected chi connectivity index (χ0v) is 22.8. The highest BCUT2D eigenvalue weighted by Gasteiger charge is 2.44. The van der Waals surface area contributed by atoms with Crippen molar-refractivity contribution in [1.82, 2.24) is 5.32 Å². The van der Waals surface area contributed by atoms with E-state index < -0.39 is 23.7 Å². The number of hydrogen-bond donors (Lipinski definition) is 2. The molecule has 188 valence electrons. The SMILES string of the molecule is CCOc1ccc([C@H]2C(C#N)=C(SCC(=O)Nc3ccc(Br)cc3C)NC(=O)[C@@H]2C(=O)OC)cc1Cl. The molecule has 2 aromatic carbocycles. The molecule has 0 saturated carbocycles. The first-order chi connectivity index (χ1) is 17.2. The van der Waals surface area contributed by atoms with E-state index in [-0.39, 0.29) is 27.3 Å². The minimum absolute atomic E-state index is 0.0735. The first-order valence-electron chi connectivity index (χ1n) is 10.8. The van der Waals surface area contributed by atoms with E-state index in [2.05, 4.69) is 32.6 Å². The maximum Gasteiger partial charge on any atom is 0.319 e. The average Bonchev–Trinajstić information content (AvgIpc) is 2.84. The molecule has 36 heavy (non-hydrogen) atoms. The van der Waals surface area contributed by atoms with Crippen molar-refractivity contribution < 1.29 is 23.9 Å². The summed E-state index contributed by atoms with van der Waals surface area (Å²) >= 11 is 10.7. The van der Waals surface area contributed by atoms with Crippen molar-refractivity contribution in [1.29, 1.82) is 5.26 Å². The van der Waals surface area contributed by atoms with Crippen LogP contribution in [0.5, 0.6) is 5.75 Å². The Morgan fingerprint density at radius 1 is 1.28 bits per heavy atom. The zero-order valence-electron chi connectivity index (χ0n) is 19.7. The second-order valence-electron chi connectivity index (χ2n) is 7.74. The molecular formula is C25H23BrClN3O5S. The summed E-state index contributed by atoms with van der Waals surface area (Å²) in [6.45, 7) is 4.09. The van der Waals surface area contributed by atoms with Gasteiger partial charge in [-0.2, -0.15) is 5.26 Å². The number of anilines is 1. The molecule has 11 heteroatoms. The van der Waals surface area contributed by atoms with E-state index in [1.165, 1.54) is 7.11 Å². The van der Waals surface area contributed by atoms with Gasteiger partial charge in [-0.15, -0.1) is 0 Å². The highest BCUT2D eigenvalue weighted by molar-refractivity contribution is 9.10. The van der Waals surface area contributed by atoms with Crippen molar-refractivity contribution in [2.75, 3.05) is 24.8 Å². The van der Waals surface area contributed by atoms with Crippen LogP contribution in [0.2, 0.25) is 5.02 Å². The molecule has 1 aliphatic rings. The first kappa shape index (κ1) is 27.6. The van der Waals surface area contributed by atoms with Crippen LogP contribution in [0, 0.1) is 24.2 Å². The summed E-state index contributed by atoms with van der Waals surface area (Å²) in [5, 5.41) is 15.9. The van der Waals surface area contributed by atoms with Crippen LogP contribution in [-0.2, 0) is 19.1 Å². The standard InChI is InChI=1S/C25H23BrClN3O5S/c1-4-35-19-8-5-14(10-17(19)27)21-16(11-28)24(30-23(32)22(21)25(33)34-3)36-12-20(31)29-18-7-6-15(26)9-13(18)2/h5-10,21-22H,4,12H2,1-3H3,(H,29,31)(H,30,32)/t21-,22+/m0/s1. The Hall–Kier alpha value is -3.00. The monoisotopic (exact) mass is 591 g/mol.